The third-order valence-electron chi connectivity index (χ3n) is 2.26. The summed E-state index contributed by atoms with van der Waals surface area (Å²) in [6, 6.07) is 6.05. The van der Waals surface area contributed by atoms with Crippen LogP contribution in [0.1, 0.15) is 11.1 Å². The van der Waals surface area contributed by atoms with Crippen molar-refractivity contribution in [1.82, 2.24) is 9.97 Å². The normalized spacial score (nSPS) is 10.1. The van der Waals surface area contributed by atoms with Crippen molar-refractivity contribution >= 4 is 21.6 Å². The van der Waals surface area contributed by atoms with Gasteiger partial charge in [-0.25, -0.2) is 4.98 Å². The van der Waals surface area contributed by atoms with E-state index < -0.39 is 0 Å². The highest BCUT2D eigenvalue weighted by Gasteiger charge is 1.98. The Labute approximate surface area is 103 Å². The van der Waals surface area contributed by atoms with Crippen molar-refractivity contribution in [1.29, 1.82) is 0 Å². The van der Waals surface area contributed by atoms with Crippen LogP contribution in [0, 0.1) is 6.92 Å². The van der Waals surface area contributed by atoms with E-state index >= 15 is 0 Å². The summed E-state index contributed by atoms with van der Waals surface area (Å²) >= 11 is 3.38. The van der Waals surface area contributed by atoms with Gasteiger partial charge in [-0.15, -0.1) is 0 Å². The lowest BCUT2D eigenvalue weighted by Gasteiger charge is -2.07. The summed E-state index contributed by atoms with van der Waals surface area (Å²) in [7, 11) is 0. The quantitative estimate of drug-likeness (QED) is 0.876. The molecule has 0 aliphatic heterocycles. The third kappa shape index (κ3) is 2.79. The van der Waals surface area contributed by atoms with E-state index in [0.717, 1.165) is 22.4 Å². The van der Waals surface area contributed by atoms with Crippen LogP contribution in [0.15, 0.2) is 41.4 Å². The molecule has 0 fully saturated rings. The van der Waals surface area contributed by atoms with Gasteiger partial charge in [0.05, 0.1) is 11.9 Å². The van der Waals surface area contributed by atoms with Crippen molar-refractivity contribution in [2.45, 2.75) is 13.5 Å². The third-order valence-corrected chi connectivity index (χ3v) is 3.09. The summed E-state index contributed by atoms with van der Waals surface area (Å²) in [5.74, 6) is 0. The number of halogens is 1. The molecule has 82 valence electrons. The van der Waals surface area contributed by atoms with E-state index in [9.17, 15) is 0 Å². The Kier molecular flexibility index (Phi) is 3.51. The predicted octanol–water partition coefficient (Wildman–Crippen LogP) is 3.16. The van der Waals surface area contributed by atoms with E-state index in [-0.39, 0.29) is 0 Å². The summed E-state index contributed by atoms with van der Waals surface area (Å²) in [6.07, 6.45) is 5.41. The van der Waals surface area contributed by atoms with Crippen molar-refractivity contribution in [2.24, 2.45) is 0 Å². The molecule has 3 nitrogen and oxygen atoms in total. The molecule has 2 aromatic rings. The van der Waals surface area contributed by atoms with Crippen molar-refractivity contribution in [2.75, 3.05) is 5.32 Å². The first-order valence-corrected chi connectivity index (χ1v) is 5.80. The Morgan fingerprint density at radius 1 is 1.31 bits per heavy atom. The predicted molar refractivity (Wildman–Crippen MR) is 68.2 cm³/mol. The molecule has 2 aromatic heterocycles. The number of pyridine rings is 2. The van der Waals surface area contributed by atoms with Crippen LogP contribution in [0.4, 0.5) is 5.69 Å². The van der Waals surface area contributed by atoms with E-state index in [4.69, 9.17) is 0 Å². The van der Waals surface area contributed by atoms with E-state index in [2.05, 4.69) is 37.3 Å². The van der Waals surface area contributed by atoms with Crippen molar-refractivity contribution in [3.63, 3.8) is 0 Å². The maximum absolute atomic E-state index is 4.23. The maximum atomic E-state index is 4.23. The van der Waals surface area contributed by atoms with Gasteiger partial charge in [0.25, 0.3) is 0 Å². The van der Waals surface area contributed by atoms with E-state index in [1.54, 1.807) is 12.4 Å². The number of rotatable bonds is 3. The second-order valence-electron chi connectivity index (χ2n) is 3.54. The number of aryl methyl sites for hydroxylation is 1. The van der Waals surface area contributed by atoms with Crippen LogP contribution < -0.4 is 5.32 Å². The molecule has 0 radical (unpaired) electrons. The van der Waals surface area contributed by atoms with Gasteiger partial charge in [-0.2, -0.15) is 0 Å². The van der Waals surface area contributed by atoms with Crippen LogP contribution in [-0.4, -0.2) is 9.97 Å². The van der Waals surface area contributed by atoms with Crippen LogP contribution in [-0.2, 0) is 6.54 Å². The lowest BCUT2D eigenvalue weighted by Crippen LogP contribution is -2.00. The fraction of sp³-hybridized carbons (Fsp3) is 0.167. The Hall–Kier alpha value is -1.42. The Bertz CT molecular complexity index is 471. The number of nitrogens with zero attached hydrogens (tertiary/aromatic N) is 2. The maximum Gasteiger partial charge on any atom is 0.109 e. The summed E-state index contributed by atoms with van der Waals surface area (Å²) in [5.41, 5.74) is 3.35. The molecule has 0 aliphatic carbocycles. The highest BCUT2D eigenvalue weighted by atomic mass is 79.9. The minimum atomic E-state index is 0.783. The molecule has 0 atom stereocenters. The SMILES string of the molecule is Cc1cc(NCc2ccncc2)cnc1Br. The molecule has 0 aromatic carbocycles. The zero-order chi connectivity index (χ0) is 11.4. The molecule has 0 unspecified atom stereocenters. The topological polar surface area (TPSA) is 37.8 Å². The van der Waals surface area contributed by atoms with E-state index in [0.29, 0.717) is 0 Å². The molecule has 0 saturated carbocycles. The van der Waals surface area contributed by atoms with E-state index in [1.807, 2.05) is 25.3 Å². The van der Waals surface area contributed by atoms with Crippen LogP contribution in [0.5, 0.6) is 0 Å². The molecule has 0 amide bonds. The van der Waals surface area contributed by atoms with Gasteiger partial charge in [0, 0.05) is 18.9 Å². The van der Waals surface area contributed by atoms with Crippen LogP contribution >= 0.6 is 15.9 Å². The highest BCUT2D eigenvalue weighted by Crippen LogP contribution is 2.17. The monoisotopic (exact) mass is 277 g/mol. The summed E-state index contributed by atoms with van der Waals surface area (Å²) in [4.78, 5) is 8.21. The van der Waals surface area contributed by atoms with Crippen LogP contribution in [0.2, 0.25) is 0 Å². The van der Waals surface area contributed by atoms with Gasteiger partial charge in [0.1, 0.15) is 4.60 Å². The largest absolute Gasteiger partial charge is 0.380 e. The molecular formula is C12H12BrN3. The van der Waals surface area contributed by atoms with E-state index in [1.165, 1.54) is 5.56 Å². The second kappa shape index (κ2) is 5.07. The molecule has 0 bridgehead atoms. The van der Waals surface area contributed by atoms with Gasteiger partial charge < -0.3 is 5.32 Å². The molecule has 2 heterocycles. The molecule has 1 N–H and O–H groups in total. The van der Waals surface area contributed by atoms with Crippen LogP contribution in [0.25, 0.3) is 0 Å². The molecular weight excluding hydrogens is 266 g/mol. The van der Waals surface area contributed by atoms with Crippen LogP contribution in [0.3, 0.4) is 0 Å². The Morgan fingerprint density at radius 2 is 2.06 bits per heavy atom. The molecule has 0 aliphatic rings. The lowest BCUT2D eigenvalue weighted by atomic mass is 10.2. The summed E-state index contributed by atoms with van der Waals surface area (Å²) in [5, 5.41) is 3.32. The van der Waals surface area contributed by atoms with Crippen molar-refractivity contribution < 1.29 is 0 Å². The molecule has 0 spiro atoms. The number of aromatic nitrogens is 2. The average Bonchev–Trinajstić information content (AvgIpc) is 2.32. The summed E-state index contributed by atoms with van der Waals surface area (Å²) in [6.45, 7) is 2.81. The number of anilines is 1. The van der Waals surface area contributed by atoms with Gasteiger partial charge in [0.15, 0.2) is 0 Å². The van der Waals surface area contributed by atoms with Crippen molar-refractivity contribution in [3.8, 4) is 0 Å². The highest BCUT2D eigenvalue weighted by molar-refractivity contribution is 9.10. The van der Waals surface area contributed by atoms with Crippen molar-refractivity contribution in [3.05, 3.63) is 52.5 Å². The first kappa shape index (κ1) is 11.1. The fourth-order valence-electron chi connectivity index (χ4n) is 1.36. The number of hydrogen-bond donors (Lipinski definition) is 1. The minimum Gasteiger partial charge on any atom is -0.380 e. The first-order valence-electron chi connectivity index (χ1n) is 5.00. The van der Waals surface area contributed by atoms with Gasteiger partial charge >= 0.3 is 0 Å². The minimum absolute atomic E-state index is 0.783. The molecule has 4 heteroatoms. The standard InChI is InChI=1S/C12H12BrN3/c1-9-6-11(8-16-12(9)13)15-7-10-2-4-14-5-3-10/h2-6,8,15H,7H2,1H3. The Morgan fingerprint density at radius 3 is 2.75 bits per heavy atom. The average molecular weight is 278 g/mol. The smallest absolute Gasteiger partial charge is 0.109 e. The van der Waals surface area contributed by atoms with Gasteiger partial charge in [-0.1, -0.05) is 0 Å². The second-order valence-corrected chi connectivity index (χ2v) is 4.29. The van der Waals surface area contributed by atoms with Gasteiger partial charge in [0.2, 0.25) is 0 Å². The van der Waals surface area contributed by atoms with Gasteiger partial charge in [-0.3, -0.25) is 4.98 Å². The summed E-state index contributed by atoms with van der Waals surface area (Å²) < 4.78 is 0.891. The first-order chi connectivity index (χ1) is 7.75. The number of nitrogens with one attached hydrogen (secondary N) is 1. The molecule has 0 saturated heterocycles. The molecule has 16 heavy (non-hydrogen) atoms. The molecule has 2 rings (SSSR count). The Balaban J connectivity index is 2.03. The zero-order valence-electron chi connectivity index (χ0n) is 8.94. The number of hydrogen-bond acceptors (Lipinski definition) is 3. The van der Waals surface area contributed by atoms with Gasteiger partial charge in [-0.05, 0) is 52.2 Å². The lowest BCUT2D eigenvalue weighted by molar-refractivity contribution is 1.11. The fourth-order valence-corrected chi connectivity index (χ4v) is 1.58. The zero-order valence-corrected chi connectivity index (χ0v) is 10.5.